The Balaban J connectivity index is 2.92. The highest BCUT2D eigenvalue weighted by Gasteiger charge is 2.18. The van der Waals surface area contributed by atoms with Gasteiger partial charge in [-0.1, -0.05) is 0 Å². The SMILES string of the molecule is COC(=O)CC(O)c1cc(F)c(F)c(F)c1. The van der Waals surface area contributed by atoms with Crippen molar-refractivity contribution in [3.63, 3.8) is 0 Å². The Labute approximate surface area is 89.5 Å². The van der Waals surface area contributed by atoms with Gasteiger partial charge in [-0.3, -0.25) is 4.79 Å². The molecule has 0 aliphatic rings. The predicted octanol–water partition coefficient (Wildman–Crippen LogP) is 1.70. The molecule has 0 saturated heterocycles. The molecule has 88 valence electrons. The number of aliphatic hydroxyl groups is 1. The number of aliphatic hydroxyl groups excluding tert-OH is 1. The second kappa shape index (κ2) is 4.98. The van der Waals surface area contributed by atoms with Crippen molar-refractivity contribution in [1.82, 2.24) is 0 Å². The predicted molar refractivity (Wildman–Crippen MR) is 47.9 cm³/mol. The largest absolute Gasteiger partial charge is 0.469 e. The third kappa shape index (κ3) is 2.73. The summed E-state index contributed by atoms with van der Waals surface area (Å²) >= 11 is 0. The molecule has 1 aromatic rings. The average Bonchev–Trinajstić information content (AvgIpc) is 2.24. The van der Waals surface area contributed by atoms with Gasteiger partial charge < -0.3 is 9.84 Å². The van der Waals surface area contributed by atoms with E-state index in [1.165, 1.54) is 0 Å². The Bertz CT molecular complexity index is 383. The van der Waals surface area contributed by atoms with Gasteiger partial charge in [-0.2, -0.15) is 0 Å². The number of ether oxygens (including phenoxy) is 1. The van der Waals surface area contributed by atoms with Crippen LogP contribution < -0.4 is 0 Å². The van der Waals surface area contributed by atoms with E-state index in [-0.39, 0.29) is 5.56 Å². The Morgan fingerprint density at radius 1 is 1.38 bits per heavy atom. The van der Waals surface area contributed by atoms with E-state index in [0.29, 0.717) is 12.1 Å². The lowest BCUT2D eigenvalue weighted by molar-refractivity contribution is -0.142. The van der Waals surface area contributed by atoms with Crippen molar-refractivity contribution < 1.29 is 27.8 Å². The van der Waals surface area contributed by atoms with Crippen LogP contribution in [0.15, 0.2) is 12.1 Å². The standard InChI is InChI=1S/C10H9F3O3/c1-16-9(15)4-8(14)5-2-6(11)10(13)7(12)3-5/h2-3,8,14H,4H2,1H3. The van der Waals surface area contributed by atoms with Crippen molar-refractivity contribution in [2.45, 2.75) is 12.5 Å². The molecule has 0 spiro atoms. The second-order valence-electron chi connectivity index (χ2n) is 3.09. The first-order valence-electron chi connectivity index (χ1n) is 4.35. The summed E-state index contributed by atoms with van der Waals surface area (Å²) in [6, 6.07) is 1.26. The summed E-state index contributed by atoms with van der Waals surface area (Å²) in [5, 5.41) is 9.41. The highest BCUT2D eigenvalue weighted by Crippen LogP contribution is 2.21. The molecule has 0 radical (unpaired) electrons. The first kappa shape index (κ1) is 12.5. The third-order valence-electron chi connectivity index (χ3n) is 1.98. The zero-order valence-electron chi connectivity index (χ0n) is 8.34. The van der Waals surface area contributed by atoms with Crippen molar-refractivity contribution in [2.75, 3.05) is 7.11 Å². The average molecular weight is 234 g/mol. The molecule has 3 nitrogen and oxygen atoms in total. The van der Waals surface area contributed by atoms with E-state index >= 15 is 0 Å². The first-order chi connectivity index (χ1) is 7.45. The van der Waals surface area contributed by atoms with Crippen molar-refractivity contribution in [3.8, 4) is 0 Å². The fourth-order valence-electron chi connectivity index (χ4n) is 1.13. The van der Waals surface area contributed by atoms with Gasteiger partial charge >= 0.3 is 5.97 Å². The van der Waals surface area contributed by atoms with Crippen LogP contribution in [0.4, 0.5) is 13.2 Å². The van der Waals surface area contributed by atoms with Crippen molar-refractivity contribution in [3.05, 3.63) is 35.1 Å². The summed E-state index contributed by atoms with van der Waals surface area (Å²) < 4.78 is 42.4. The Morgan fingerprint density at radius 2 is 1.88 bits per heavy atom. The lowest BCUT2D eigenvalue weighted by Gasteiger charge is -2.10. The Hall–Kier alpha value is -1.56. The molecule has 0 bridgehead atoms. The van der Waals surface area contributed by atoms with Crippen LogP contribution in [0, 0.1) is 17.5 Å². The molecule has 1 rings (SSSR count). The molecule has 0 amide bonds. The van der Waals surface area contributed by atoms with Gasteiger partial charge in [0.25, 0.3) is 0 Å². The van der Waals surface area contributed by atoms with Crippen LogP contribution in [0.2, 0.25) is 0 Å². The van der Waals surface area contributed by atoms with Crippen LogP contribution in [0.25, 0.3) is 0 Å². The maximum atomic E-state index is 12.8. The summed E-state index contributed by atoms with van der Waals surface area (Å²) in [5.74, 6) is -5.19. The molecule has 1 unspecified atom stereocenters. The molecule has 6 heteroatoms. The fourth-order valence-corrected chi connectivity index (χ4v) is 1.13. The molecule has 0 aliphatic heterocycles. The normalized spacial score (nSPS) is 12.3. The lowest BCUT2D eigenvalue weighted by Crippen LogP contribution is -2.09. The monoisotopic (exact) mass is 234 g/mol. The molecule has 0 aliphatic carbocycles. The minimum Gasteiger partial charge on any atom is -0.469 e. The quantitative estimate of drug-likeness (QED) is 0.639. The summed E-state index contributed by atoms with van der Waals surface area (Å²) in [7, 11) is 1.11. The zero-order chi connectivity index (χ0) is 12.3. The molecule has 0 aromatic heterocycles. The lowest BCUT2D eigenvalue weighted by atomic mass is 10.1. The second-order valence-corrected chi connectivity index (χ2v) is 3.09. The molecule has 0 saturated carbocycles. The van der Waals surface area contributed by atoms with Crippen LogP contribution in [0.5, 0.6) is 0 Å². The Morgan fingerprint density at radius 3 is 2.31 bits per heavy atom. The number of benzene rings is 1. The van der Waals surface area contributed by atoms with Crippen LogP contribution in [0.1, 0.15) is 18.1 Å². The first-order valence-corrected chi connectivity index (χ1v) is 4.35. The van der Waals surface area contributed by atoms with E-state index in [2.05, 4.69) is 4.74 Å². The number of carbonyl (C=O) groups excluding carboxylic acids is 1. The van der Waals surface area contributed by atoms with Crippen LogP contribution in [-0.2, 0) is 9.53 Å². The van der Waals surface area contributed by atoms with E-state index in [1.807, 2.05) is 0 Å². The number of halogens is 3. The summed E-state index contributed by atoms with van der Waals surface area (Å²) in [4.78, 5) is 10.8. The van der Waals surface area contributed by atoms with Gasteiger partial charge in [-0.05, 0) is 17.7 Å². The van der Waals surface area contributed by atoms with E-state index in [1.54, 1.807) is 0 Å². The topological polar surface area (TPSA) is 46.5 Å². The van der Waals surface area contributed by atoms with Crippen LogP contribution >= 0.6 is 0 Å². The van der Waals surface area contributed by atoms with Crippen molar-refractivity contribution in [1.29, 1.82) is 0 Å². The number of esters is 1. The number of hydrogen-bond donors (Lipinski definition) is 1. The number of carbonyl (C=O) groups is 1. The summed E-state index contributed by atoms with van der Waals surface area (Å²) in [5.41, 5.74) is -0.221. The summed E-state index contributed by atoms with van der Waals surface area (Å²) in [6.45, 7) is 0. The highest BCUT2D eigenvalue weighted by molar-refractivity contribution is 5.70. The van der Waals surface area contributed by atoms with Gasteiger partial charge in [-0.15, -0.1) is 0 Å². The van der Waals surface area contributed by atoms with Crippen molar-refractivity contribution >= 4 is 5.97 Å². The van der Waals surface area contributed by atoms with E-state index in [4.69, 9.17) is 0 Å². The third-order valence-corrected chi connectivity index (χ3v) is 1.98. The Kier molecular flexibility index (Phi) is 3.89. The van der Waals surface area contributed by atoms with Gasteiger partial charge in [-0.25, -0.2) is 13.2 Å². The number of hydrogen-bond acceptors (Lipinski definition) is 3. The van der Waals surface area contributed by atoms with Crippen LogP contribution in [0.3, 0.4) is 0 Å². The number of rotatable bonds is 3. The smallest absolute Gasteiger partial charge is 0.308 e. The molecule has 1 N–H and O–H groups in total. The minimum absolute atomic E-state index is 0.221. The zero-order valence-corrected chi connectivity index (χ0v) is 8.34. The van der Waals surface area contributed by atoms with Crippen molar-refractivity contribution in [2.24, 2.45) is 0 Å². The van der Waals surface area contributed by atoms with E-state index in [9.17, 15) is 23.1 Å². The molecule has 1 aromatic carbocycles. The highest BCUT2D eigenvalue weighted by atomic mass is 19.2. The van der Waals surface area contributed by atoms with E-state index in [0.717, 1.165) is 7.11 Å². The van der Waals surface area contributed by atoms with Gasteiger partial charge in [0, 0.05) is 0 Å². The number of methoxy groups -OCH3 is 1. The summed E-state index contributed by atoms with van der Waals surface area (Å²) in [6.07, 6.45) is -1.89. The van der Waals surface area contributed by atoms with E-state index < -0.39 is 35.9 Å². The maximum Gasteiger partial charge on any atom is 0.308 e. The molecule has 0 heterocycles. The maximum absolute atomic E-state index is 12.8. The molecule has 1 atom stereocenters. The van der Waals surface area contributed by atoms with Gasteiger partial charge in [0.05, 0.1) is 19.6 Å². The van der Waals surface area contributed by atoms with Gasteiger partial charge in [0.1, 0.15) is 0 Å². The fraction of sp³-hybridized carbons (Fsp3) is 0.300. The molecule has 16 heavy (non-hydrogen) atoms. The molecular weight excluding hydrogens is 225 g/mol. The minimum atomic E-state index is -1.62. The van der Waals surface area contributed by atoms with Gasteiger partial charge in [0.15, 0.2) is 17.5 Å². The van der Waals surface area contributed by atoms with Gasteiger partial charge in [0.2, 0.25) is 0 Å². The molecular formula is C10H9F3O3. The van der Waals surface area contributed by atoms with Crippen LogP contribution in [-0.4, -0.2) is 18.2 Å². The molecule has 0 fully saturated rings.